The summed E-state index contributed by atoms with van der Waals surface area (Å²) in [6.07, 6.45) is 1.58. The molecule has 1 rings (SSSR count). The summed E-state index contributed by atoms with van der Waals surface area (Å²) in [6.45, 7) is 1.92. The van der Waals surface area contributed by atoms with Gasteiger partial charge in [0.05, 0.1) is 6.10 Å². The van der Waals surface area contributed by atoms with E-state index >= 15 is 0 Å². The van der Waals surface area contributed by atoms with Crippen molar-refractivity contribution in [2.45, 2.75) is 25.9 Å². The maximum absolute atomic E-state index is 10.3. The summed E-state index contributed by atoms with van der Waals surface area (Å²) in [7, 11) is 0. The molecule has 12 heavy (non-hydrogen) atoms. The molecule has 0 aliphatic rings. The molecule has 1 aromatic heterocycles. The smallest absolute Gasteiger partial charge is 0.125 e. The van der Waals surface area contributed by atoms with Gasteiger partial charge < -0.3 is 9.90 Å². The molecule has 0 spiro atoms. The summed E-state index contributed by atoms with van der Waals surface area (Å²) in [5.74, 6) is 0. The molecule has 0 bridgehead atoms. The van der Waals surface area contributed by atoms with E-state index in [2.05, 4.69) is 0 Å². The van der Waals surface area contributed by atoms with Gasteiger partial charge in [0.15, 0.2) is 0 Å². The minimum Gasteiger partial charge on any atom is -0.388 e. The van der Waals surface area contributed by atoms with E-state index in [-0.39, 0.29) is 0 Å². The molecule has 0 fully saturated rings. The predicted molar refractivity (Wildman–Crippen MR) is 49.3 cm³/mol. The number of carbonyl (C=O) groups is 1. The van der Waals surface area contributed by atoms with E-state index in [1.165, 1.54) is 11.3 Å². The maximum Gasteiger partial charge on any atom is 0.125 e. The molecule has 0 amide bonds. The van der Waals surface area contributed by atoms with Gasteiger partial charge in [0.2, 0.25) is 0 Å². The van der Waals surface area contributed by atoms with Gasteiger partial charge in [0.25, 0.3) is 0 Å². The number of hydrogen-bond acceptors (Lipinski definition) is 3. The van der Waals surface area contributed by atoms with Crippen LogP contribution in [0.4, 0.5) is 0 Å². The van der Waals surface area contributed by atoms with Crippen molar-refractivity contribution in [2.24, 2.45) is 0 Å². The van der Waals surface area contributed by atoms with Gasteiger partial charge in [0, 0.05) is 11.3 Å². The first-order valence-corrected chi connectivity index (χ1v) is 4.85. The summed E-state index contributed by atoms with van der Waals surface area (Å²) < 4.78 is 0. The van der Waals surface area contributed by atoms with Crippen molar-refractivity contribution in [2.75, 3.05) is 0 Å². The van der Waals surface area contributed by atoms with Crippen LogP contribution in [0, 0.1) is 0 Å². The number of aliphatic hydroxyl groups is 1. The summed E-state index contributed by atoms with van der Waals surface area (Å²) in [5.41, 5.74) is 0.912. The molecule has 0 aliphatic heterocycles. The third kappa shape index (κ3) is 1.93. The highest BCUT2D eigenvalue weighted by Gasteiger charge is 2.10. The Balaban J connectivity index is 2.82. The van der Waals surface area contributed by atoms with E-state index in [1.54, 1.807) is 0 Å². The zero-order valence-electron chi connectivity index (χ0n) is 6.99. The molecule has 0 saturated heterocycles. The summed E-state index contributed by atoms with van der Waals surface area (Å²) in [5, 5.41) is 11.4. The van der Waals surface area contributed by atoms with Gasteiger partial charge in [-0.2, -0.15) is 0 Å². The van der Waals surface area contributed by atoms with Gasteiger partial charge in [-0.25, -0.2) is 0 Å². The minimum absolute atomic E-state index is 0.411. The lowest BCUT2D eigenvalue weighted by atomic mass is 10.1. The molecule has 3 heteroatoms. The number of hydrogen-bond donors (Lipinski definition) is 1. The predicted octanol–water partition coefficient (Wildman–Crippen LogP) is 1.93. The molecular weight excluding hydrogens is 172 g/mol. The highest BCUT2D eigenvalue weighted by atomic mass is 32.1. The molecule has 1 atom stereocenters. The molecule has 2 nitrogen and oxygen atoms in total. The van der Waals surface area contributed by atoms with Gasteiger partial charge in [0.1, 0.15) is 6.29 Å². The Morgan fingerprint density at radius 3 is 3.08 bits per heavy atom. The van der Waals surface area contributed by atoms with Crippen molar-refractivity contribution < 1.29 is 9.90 Å². The molecular formula is C9H12O2S. The van der Waals surface area contributed by atoms with E-state index in [0.717, 1.165) is 16.7 Å². The fourth-order valence-electron chi connectivity index (χ4n) is 1.11. The number of thiophene rings is 1. The average molecular weight is 184 g/mol. The second-order valence-electron chi connectivity index (χ2n) is 2.59. The quantitative estimate of drug-likeness (QED) is 0.726. The van der Waals surface area contributed by atoms with E-state index in [0.29, 0.717) is 12.8 Å². The van der Waals surface area contributed by atoms with Crippen molar-refractivity contribution in [3.05, 3.63) is 21.9 Å². The SMILES string of the molecule is CCC(O)c1ccsc1CC=O. The fraction of sp³-hybridized carbons (Fsp3) is 0.444. The van der Waals surface area contributed by atoms with Gasteiger partial charge in [-0.05, 0) is 23.4 Å². The first kappa shape index (κ1) is 9.42. The highest BCUT2D eigenvalue weighted by molar-refractivity contribution is 7.10. The molecule has 0 saturated carbocycles. The van der Waals surface area contributed by atoms with Crippen molar-refractivity contribution in [3.8, 4) is 0 Å². The van der Waals surface area contributed by atoms with Gasteiger partial charge >= 0.3 is 0 Å². The third-order valence-corrected chi connectivity index (χ3v) is 2.75. The van der Waals surface area contributed by atoms with Crippen LogP contribution in [0.5, 0.6) is 0 Å². The zero-order chi connectivity index (χ0) is 8.97. The molecule has 0 aliphatic carbocycles. The topological polar surface area (TPSA) is 37.3 Å². The summed E-state index contributed by atoms with van der Waals surface area (Å²) in [6, 6.07) is 1.89. The largest absolute Gasteiger partial charge is 0.388 e. The van der Waals surface area contributed by atoms with Crippen LogP contribution < -0.4 is 0 Å². The molecule has 1 heterocycles. The van der Waals surface area contributed by atoms with Crippen LogP contribution in [0.2, 0.25) is 0 Å². The maximum atomic E-state index is 10.3. The van der Waals surface area contributed by atoms with Crippen LogP contribution in [-0.2, 0) is 11.2 Å². The Labute approximate surface area is 75.9 Å². The molecule has 66 valence electrons. The van der Waals surface area contributed by atoms with Crippen LogP contribution in [0.1, 0.15) is 29.9 Å². The minimum atomic E-state index is -0.411. The summed E-state index contributed by atoms with van der Waals surface area (Å²) in [4.78, 5) is 11.2. The van der Waals surface area contributed by atoms with Crippen LogP contribution in [0.3, 0.4) is 0 Å². The van der Waals surface area contributed by atoms with Crippen LogP contribution in [0.15, 0.2) is 11.4 Å². The second kappa shape index (κ2) is 4.38. The normalized spacial score (nSPS) is 12.8. The van der Waals surface area contributed by atoms with E-state index < -0.39 is 6.10 Å². The first-order valence-electron chi connectivity index (χ1n) is 3.97. The van der Waals surface area contributed by atoms with Gasteiger partial charge in [-0.15, -0.1) is 11.3 Å². The van der Waals surface area contributed by atoms with Crippen LogP contribution in [0.25, 0.3) is 0 Å². The zero-order valence-corrected chi connectivity index (χ0v) is 7.80. The molecule has 0 aromatic carbocycles. The van der Waals surface area contributed by atoms with Crippen molar-refractivity contribution in [3.63, 3.8) is 0 Å². The monoisotopic (exact) mass is 184 g/mol. The molecule has 1 aromatic rings. The van der Waals surface area contributed by atoms with E-state index in [1.807, 2.05) is 18.4 Å². The Morgan fingerprint density at radius 1 is 1.75 bits per heavy atom. The third-order valence-electron chi connectivity index (χ3n) is 1.79. The lowest BCUT2D eigenvalue weighted by Crippen LogP contribution is -1.97. The second-order valence-corrected chi connectivity index (χ2v) is 3.59. The Bertz CT molecular complexity index is 255. The van der Waals surface area contributed by atoms with E-state index in [4.69, 9.17) is 0 Å². The van der Waals surface area contributed by atoms with Crippen molar-refractivity contribution in [1.82, 2.24) is 0 Å². The van der Waals surface area contributed by atoms with Crippen LogP contribution >= 0.6 is 11.3 Å². The number of carbonyl (C=O) groups excluding carboxylic acids is 1. The Morgan fingerprint density at radius 2 is 2.50 bits per heavy atom. The number of aldehydes is 1. The van der Waals surface area contributed by atoms with Gasteiger partial charge in [-0.1, -0.05) is 6.92 Å². The van der Waals surface area contributed by atoms with Crippen molar-refractivity contribution >= 4 is 17.6 Å². The number of rotatable bonds is 4. The standard InChI is InChI=1S/C9H12O2S/c1-2-8(11)7-4-6-12-9(7)3-5-10/h4-6,8,11H,2-3H2,1H3. The fourth-order valence-corrected chi connectivity index (χ4v) is 1.99. The summed E-state index contributed by atoms with van der Waals surface area (Å²) >= 11 is 1.53. The van der Waals surface area contributed by atoms with Crippen LogP contribution in [-0.4, -0.2) is 11.4 Å². The highest BCUT2D eigenvalue weighted by Crippen LogP contribution is 2.25. The lowest BCUT2D eigenvalue weighted by molar-refractivity contribution is -0.107. The van der Waals surface area contributed by atoms with E-state index in [9.17, 15) is 9.90 Å². The number of aliphatic hydroxyl groups excluding tert-OH is 1. The van der Waals surface area contributed by atoms with Gasteiger partial charge in [-0.3, -0.25) is 0 Å². The Hall–Kier alpha value is -0.670. The lowest BCUT2D eigenvalue weighted by Gasteiger charge is -2.06. The molecule has 0 radical (unpaired) electrons. The first-order chi connectivity index (χ1) is 5.79. The van der Waals surface area contributed by atoms with Crippen molar-refractivity contribution in [1.29, 1.82) is 0 Å². The molecule has 1 N–H and O–H groups in total. The average Bonchev–Trinajstić information content (AvgIpc) is 2.52. The molecule has 1 unspecified atom stereocenters. The Kier molecular flexibility index (Phi) is 3.44.